The van der Waals surface area contributed by atoms with Crippen LogP contribution in [0.3, 0.4) is 0 Å². The van der Waals surface area contributed by atoms with E-state index in [1.807, 2.05) is 14.1 Å². The summed E-state index contributed by atoms with van der Waals surface area (Å²) in [4.78, 5) is 2.17. The molecule has 120 valence electrons. The van der Waals surface area contributed by atoms with Gasteiger partial charge in [0.25, 0.3) is 0 Å². The second-order valence-corrected chi connectivity index (χ2v) is 5.80. The molecule has 0 aliphatic carbocycles. The van der Waals surface area contributed by atoms with Crippen LogP contribution in [0.15, 0.2) is 18.2 Å². The molecule has 1 aromatic rings. The highest BCUT2D eigenvalue weighted by molar-refractivity contribution is 5.25. The molecule has 21 heavy (non-hydrogen) atoms. The van der Waals surface area contributed by atoms with Crippen LogP contribution in [-0.2, 0) is 0 Å². The molecule has 0 spiro atoms. The Balaban J connectivity index is 3.31. The van der Waals surface area contributed by atoms with Gasteiger partial charge in [-0.15, -0.1) is 0 Å². The van der Waals surface area contributed by atoms with Crippen molar-refractivity contribution in [1.29, 1.82) is 0 Å². The topological polar surface area (TPSA) is 15.3 Å². The number of benzene rings is 1. The molecule has 0 aromatic heterocycles. The van der Waals surface area contributed by atoms with E-state index in [0.29, 0.717) is 5.56 Å². The summed E-state index contributed by atoms with van der Waals surface area (Å²) in [6.07, 6.45) is 2.78. The third-order valence-electron chi connectivity index (χ3n) is 4.47. The molecular formula is C17H28F2N2. The van der Waals surface area contributed by atoms with Crippen molar-refractivity contribution in [3.05, 3.63) is 35.4 Å². The van der Waals surface area contributed by atoms with Crippen molar-refractivity contribution in [2.75, 3.05) is 20.6 Å². The maximum Gasteiger partial charge on any atom is 0.126 e. The molecule has 0 aliphatic heterocycles. The molecule has 1 rings (SSSR count). The maximum atomic E-state index is 13.6. The van der Waals surface area contributed by atoms with Crippen LogP contribution in [0.5, 0.6) is 0 Å². The van der Waals surface area contributed by atoms with E-state index in [2.05, 4.69) is 31.0 Å². The summed E-state index contributed by atoms with van der Waals surface area (Å²) >= 11 is 0. The smallest absolute Gasteiger partial charge is 0.126 e. The van der Waals surface area contributed by atoms with Crippen LogP contribution in [-0.4, -0.2) is 31.1 Å². The molecular weight excluding hydrogens is 270 g/mol. The van der Waals surface area contributed by atoms with E-state index in [1.54, 1.807) is 0 Å². The largest absolute Gasteiger partial charge is 0.308 e. The van der Waals surface area contributed by atoms with Crippen LogP contribution in [0.2, 0.25) is 0 Å². The lowest BCUT2D eigenvalue weighted by molar-refractivity contribution is 0.0878. The Bertz CT molecular complexity index is 422. The minimum atomic E-state index is -0.520. The van der Waals surface area contributed by atoms with Gasteiger partial charge in [-0.1, -0.05) is 20.8 Å². The molecule has 0 heterocycles. The Kier molecular flexibility index (Phi) is 6.75. The van der Waals surface area contributed by atoms with Gasteiger partial charge in [0, 0.05) is 11.6 Å². The molecule has 1 N–H and O–H groups in total. The van der Waals surface area contributed by atoms with Gasteiger partial charge in [-0.05, 0) is 57.6 Å². The zero-order valence-corrected chi connectivity index (χ0v) is 13.8. The summed E-state index contributed by atoms with van der Waals surface area (Å²) in [6, 6.07) is 3.71. The molecule has 1 unspecified atom stereocenters. The van der Waals surface area contributed by atoms with E-state index >= 15 is 0 Å². The first-order chi connectivity index (χ1) is 9.91. The van der Waals surface area contributed by atoms with Gasteiger partial charge in [0.2, 0.25) is 0 Å². The van der Waals surface area contributed by atoms with Crippen molar-refractivity contribution in [1.82, 2.24) is 10.2 Å². The lowest BCUT2D eigenvalue weighted by Gasteiger charge is -2.46. The molecule has 0 bridgehead atoms. The van der Waals surface area contributed by atoms with Crippen molar-refractivity contribution in [2.24, 2.45) is 0 Å². The Morgan fingerprint density at radius 1 is 1.05 bits per heavy atom. The number of nitrogens with zero attached hydrogens (tertiary/aromatic N) is 1. The van der Waals surface area contributed by atoms with Crippen molar-refractivity contribution >= 4 is 0 Å². The molecule has 0 amide bonds. The van der Waals surface area contributed by atoms with Crippen LogP contribution < -0.4 is 5.32 Å². The summed E-state index contributed by atoms with van der Waals surface area (Å²) in [6.45, 7) is 7.16. The predicted octanol–water partition coefficient (Wildman–Crippen LogP) is 4.13. The lowest BCUT2D eigenvalue weighted by atomic mass is 9.79. The van der Waals surface area contributed by atoms with Crippen LogP contribution in [0, 0.1) is 11.6 Å². The summed E-state index contributed by atoms with van der Waals surface area (Å²) in [5, 5.41) is 3.49. The van der Waals surface area contributed by atoms with Crippen molar-refractivity contribution in [2.45, 2.75) is 51.6 Å². The van der Waals surface area contributed by atoms with Gasteiger partial charge in [0.05, 0.1) is 6.04 Å². The molecule has 2 nitrogen and oxygen atoms in total. The summed E-state index contributed by atoms with van der Waals surface area (Å²) < 4.78 is 27.3. The predicted molar refractivity (Wildman–Crippen MR) is 84.4 cm³/mol. The molecule has 1 atom stereocenters. The van der Waals surface area contributed by atoms with Gasteiger partial charge in [-0.2, -0.15) is 0 Å². The van der Waals surface area contributed by atoms with Crippen LogP contribution in [0.1, 0.15) is 51.6 Å². The molecule has 4 heteroatoms. The zero-order chi connectivity index (χ0) is 16.0. The highest BCUT2D eigenvalue weighted by Gasteiger charge is 2.38. The Morgan fingerprint density at radius 3 is 1.95 bits per heavy atom. The Labute approximate surface area is 127 Å². The van der Waals surface area contributed by atoms with Crippen LogP contribution >= 0.6 is 0 Å². The fourth-order valence-corrected chi connectivity index (χ4v) is 3.20. The highest BCUT2D eigenvalue weighted by atomic mass is 19.1. The van der Waals surface area contributed by atoms with Crippen LogP contribution in [0.25, 0.3) is 0 Å². The van der Waals surface area contributed by atoms with E-state index < -0.39 is 11.6 Å². The first-order valence-corrected chi connectivity index (χ1v) is 7.78. The molecule has 0 saturated carbocycles. The molecule has 0 saturated heterocycles. The third kappa shape index (κ3) is 4.01. The van der Waals surface area contributed by atoms with E-state index in [0.717, 1.165) is 31.9 Å². The summed E-state index contributed by atoms with van der Waals surface area (Å²) in [5.41, 5.74) is 0.508. The standard InChI is InChI=1S/C17H28F2N2/c1-6-9-20-16(17(7-2,8-3)21(4)5)13-10-14(18)12-15(19)11-13/h10-12,16,20H,6-9H2,1-5H3. The minimum Gasteiger partial charge on any atom is -0.308 e. The van der Waals surface area contributed by atoms with Gasteiger partial charge in [0.1, 0.15) is 11.6 Å². The zero-order valence-electron chi connectivity index (χ0n) is 13.8. The molecule has 0 aliphatic rings. The number of hydrogen-bond donors (Lipinski definition) is 1. The number of nitrogens with one attached hydrogen (secondary N) is 1. The van der Waals surface area contributed by atoms with Gasteiger partial charge < -0.3 is 10.2 Å². The van der Waals surface area contributed by atoms with Gasteiger partial charge in [0.15, 0.2) is 0 Å². The van der Waals surface area contributed by atoms with E-state index in [9.17, 15) is 8.78 Å². The quantitative estimate of drug-likeness (QED) is 0.776. The second kappa shape index (κ2) is 7.85. The fraction of sp³-hybridized carbons (Fsp3) is 0.647. The van der Waals surface area contributed by atoms with Crippen molar-refractivity contribution in [3.8, 4) is 0 Å². The SMILES string of the molecule is CCCNC(c1cc(F)cc(F)c1)C(CC)(CC)N(C)C. The van der Waals surface area contributed by atoms with Crippen molar-refractivity contribution in [3.63, 3.8) is 0 Å². The highest BCUT2D eigenvalue weighted by Crippen LogP contribution is 2.36. The fourth-order valence-electron chi connectivity index (χ4n) is 3.20. The van der Waals surface area contributed by atoms with Crippen LogP contribution in [0.4, 0.5) is 8.78 Å². The lowest BCUT2D eigenvalue weighted by Crippen LogP contribution is -2.53. The number of rotatable bonds is 8. The number of likely N-dealkylation sites (N-methyl/N-ethyl adjacent to an activating group) is 1. The summed E-state index contributed by atoms with van der Waals surface area (Å²) in [5.74, 6) is -1.04. The van der Waals surface area contributed by atoms with Crippen molar-refractivity contribution < 1.29 is 8.78 Å². The van der Waals surface area contributed by atoms with Gasteiger partial charge in [-0.3, -0.25) is 0 Å². The monoisotopic (exact) mass is 298 g/mol. The number of halogens is 2. The van der Waals surface area contributed by atoms with Gasteiger partial charge >= 0.3 is 0 Å². The first kappa shape index (κ1) is 18.1. The number of hydrogen-bond acceptors (Lipinski definition) is 2. The average Bonchev–Trinajstić information content (AvgIpc) is 2.42. The third-order valence-corrected chi connectivity index (χ3v) is 4.47. The van der Waals surface area contributed by atoms with E-state index in [-0.39, 0.29) is 11.6 Å². The maximum absolute atomic E-state index is 13.6. The normalized spacial score (nSPS) is 13.7. The van der Waals surface area contributed by atoms with E-state index in [1.165, 1.54) is 12.1 Å². The van der Waals surface area contributed by atoms with Gasteiger partial charge in [-0.25, -0.2) is 8.78 Å². The Morgan fingerprint density at radius 2 is 1.57 bits per heavy atom. The molecule has 0 fully saturated rings. The average molecular weight is 298 g/mol. The second-order valence-electron chi connectivity index (χ2n) is 5.80. The Hall–Kier alpha value is -1.00. The van der Waals surface area contributed by atoms with E-state index in [4.69, 9.17) is 0 Å². The first-order valence-electron chi connectivity index (χ1n) is 7.78. The minimum absolute atomic E-state index is 0.104. The summed E-state index contributed by atoms with van der Waals surface area (Å²) in [7, 11) is 4.06. The molecule has 1 aromatic carbocycles. The molecule has 0 radical (unpaired) electrons.